The highest BCUT2D eigenvalue weighted by Gasteiger charge is 2.40. The molecule has 1 aromatic carbocycles. The Kier molecular flexibility index (Phi) is 5.38. The first kappa shape index (κ1) is 15.7. The highest BCUT2D eigenvalue weighted by Crippen LogP contribution is 2.31. The molecule has 1 unspecified atom stereocenters. The zero-order chi connectivity index (χ0) is 14.6. The van der Waals surface area contributed by atoms with E-state index in [9.17, 15) is 9.50 Å². The van der Waals surface area contributed by atoms with Gasteiger partial charge in [-0.15, -0.1) is 0 Å². The van der Waals surface area contributed by atoms with Crippen LogP contribution < -0.4 is 0 Å². The van der Waals surface area contributed by atoms with Crippen LogP contribution in [0.3, 0.4) is 0 Å². The molecule has 1 heterocycles. The average molecular weight is 303 g/mol. The Labute approximate surface area is 123 Å². The van der Waals surface area contributed by atoms with Crippen LogP contribution in [-0.2, 0) is 15.9 Å². The summed E-state index contributed by atoms with van der Waals surface area (Å²) >= 11 is 5.77. The number of hydrogen-bond acceptors (Lipinski definition) is 3. The van der Waals surface area contributed by atoms with Crippen molar-refractivity contribution >= 4 is 11.6 Å². The molecule has 0 amide bonds. The summed E-state index contributed by atoms with van der Waals surface area (Å²) in [7, 11) is 0. The van der Waals surface area contributed by atoms with Crippen molar-refractivity contribution in [2.24, 2.45) is 0 Å². The quantitative estimate of drug-likeness (QED) is 0.909. The maximum Gasteiger partial charge on any atom is 0.145 e. The molecule has 1 fully saturated rings. The van der Waals surface area contributed by atoms with E-state index < -0.39 is 17.5 Å². The first-order valence-corrected chi connectivity index (χ1v) is 7.29. The van der Waals surface area contributed by atoms with E-state index in [0.29, 0.717) is 38.2 Å². The SMILES string of the molecule is CCOC1(C(O)Cc2cccc(Cl)c2F)CCOCC1. The molecule has 0 aromatic heterocycles. The normalized spacial score (nSPS) is 19.8. The molecule has 2 rings (SSSR count). The summed E-state index contributed by atoms with van der Waals surface area (Å²) in [4.78, 5) is 0. The third-order valence-electron chi connectivity index (χ3n) is 3.82. The average Bonchev–Trinajstić information content (AvgIpc) is 2.45. The van der Waals surface area contributed by atoms with E-state index in [0.717, 1.165) is 0 Å². The van der Waals surface area contributed by atoms with Crippen molar-refractivity contribution in [2.45, 2.75) is 37.9 Å². The molecule has 0 spiro atoms. The summed E-state index contributed by atoms with van der Waals surface area (Å²) in [5.74, 6) is -0.466. The number of aliphatic hydroxyl groups excluding tert-OH is 1. The number of benzene rings is 1. The Morgan fingerprint density at radius 3 is 2.80 bits per heavy atom. The largest absolute Gasteiger partial charge is 0.390 e. The minimum atomic E-state index is -0.778. The zero-order valence-electron chi connectivity index (χ0n) is 11.6. The third kappa shape index (κ3) is 3.31. The van der Waals surface area contributed by atoms with Gasteiger partial charge in [-0.2, -0.15) is 0 Å². The molecule has 112 valence electrons. The molecule has 1 aromatic rings. The van der Waals surface area contributed by atoms with E-state index in [1.165, 1.54) is 6.07 Å². The minimum Gasteiger partial charge on any atom is -0.390 e. The first-order valence-electron chi connectivity index (χ1n) is 6.92. The fraction of sp³-hybridized carbons (Fsp3) is 0.600. The predicted molar refractivity (Wildman–Crippen MR) is 75.5 cm³/mol. The molecule has 3 nitrogen and oxygen atoms in total. The maximum absolute atomic E-state index is 13.9. The van der Waals surface area contributed by atoms with Gasteiger partial charge in [-0.25, -0.2) is 4.39 Å². The van der Waals surface area contributed by atoms with Crippen LogP contribution in [0.15, 0.2) is 18.2 Å². The van der Waals surface area contributed by atoms with E-state index in [-0.39, 0.29) is 11.4 Å². The van der Waals surface area contributed by atoms with Crippen LogP contribution in [0.5, 0.6) is 0 Å². The molecule has 0 aliphatic carbocycles. The molecule has 20 heavy (non-hydrogen) atoms. The third-order valence-corrected chi connectivity index (χ3v) is 4.11. The molecule has 0 radical (unpaired) electrons. The van der Waals surface area contributed by atoms with Gasteiger partial charge in [0.25, 0.3) is 0 Å². The Balaban J connectivity index is 2.15. The number of rotatable bonds is 5. The summed E-state index contributed by atoms with van der Waals surface area (Å²) in [6.45, 7) is 3.50. The van der Waals surface area contributed by atoms with Crippen LogP contribution in [-0.4, -0.2) is 36.6 Å². The van der Waals surface area contributed by atoms with E-state index in [4.69, 9.17) is 21.1 Å². The van der Waals surface area contributed by atoms with Crippen LogP contribution in [0.1, 0.15) is 25.3 Å². The molecular formula is C15H20ClFO3. The number of hydrogen-bond donors (Lipinski definition) is 1. The molecule has 5 heteroatoms. The maximum atomic E-state index is 13.9. The molecule has 1 atom stereocenters. The van der Waals surface area contributed by atoms with E-state index >= 15 is 0 Å². The Hall–Kier alpha value is -0.680. The second kappa shape index (κ2) is 6.85. The zero-order valence-corrected chi connectivity index (χ0v) is 12.3. The van der Waals surface area contributed by atoms with E-state index in [1.807, 2.05) is 6.92 Å². The van der Waals surface area contributed by atoms with Crippen molar-refractivity contribution in [1.82, 2.24) is 0 Å². The van der Waals surface area contributed by atoms with Gasteiger partial charge in [-0.05, 0) is 18.6 Å². The lowest BCUT2D eigenvalue weighted by Gasteiger charge is -2.40. The number of aliphatic hydroxyl groups is 1. The predicted octanol–water partition coefficient (Wildman–Crippen LogP) is 2.97. The van der Waals surface area contributed by atoms with E-state index in [1.54, 1.807) is 12.1 Å². The molecule has 1 aliphatic rings. The van der Waals surface area contributed by atoms with Crippen LogP contribution in [0, 0.1) is 5.82 Å². The van der Waals surface area contributed by atoms with Gasteiger partial charge < -0.3 is 14.6 Å². The van der Waals surface area contributed by atoms with Gasteiger partial charge in [-0.3, -0.25) is 0 Å². The second-order valence-electron chi connectivity index (χ2n) is 5.04. The Morgan fingerprint density at radius 1 is 1.45 bits per heavy atom. The lowest BCUT2D eigenvalue weighted by atomic mass is 9.84. The monoisotopic (exact) mass is 302 g/mol. The van der Waals surface area contributed by atoms with E-state index in [2.05, 4.69) is 0 Å². The van der Waals surface area contributed by atoms with Gasteiger partial charge in [0.2, 0.25) is 0 Å². The summed E-state index contributed by atoms with van der Waals surface area (Å²) in [5.41, 5.74) is -0.238. The van der Waals surface area contributed by atoms with Gasteiger partial charge in [0.05, 0.1) is 16.7 Å². The lowest BCUT2D eigenvalue weighted by Crippen LogP contribution is -2.50. The highest BCUT2D eigenvalue weighted by atomic mass is 35.5. The smallest absolute Gasteiger partial charge is 0.145 e. The fourth-order valence-electron chi connectivity index (χ4n) is 2.68. The minimum absolute atomic E-state index is 0.0761. The Morgan fingerprint density at radius 2 is 2.15 bits per heavy atom. The summed E-state index contributed by atoms with van der Waals surface area (Å²) < 4.78 is 25.0. The number of halogens is 2. The van der Waals surface area contributed by atoms with Gasteiger partial charge in [0.1, 0.15) is 5.82 Å². The van der Waals surface area contributed by atoms with Crippen molar-refractivity contribution in [1.29, 1.82) is 0 Å². The fourth-order valence-corrected chi connectivity index (χ4v) is 2.87. The molecule has 0 bridgehead atoms. The summed E-state index contributed by atoms with van der Waals surface area (Å²) in [6, 6.07) is 4.83. The van der Waals surface area contributed by atoms with Crippen LogP contribution in [0.25, 0.3) is 0 Å². The lowest BCUT2D eigenvalue weighted by molar-refractivity contribution is -0.165. The first-order chi connectivity index (χ1) is 9.59. The highest BCUT2D eigenvalue weighted by molar-refractivity contribution is 6.30. The molecule has 1 saturated heterocycles. The summed E-state index contributed by atoms with van der Waals surface area (Å²) in [6.07, 6.45) is 0.639. The summed E-state index contributed by atoms with van der Waals surface area (Å²) in [5, 5.41) is 10.6. The van der Waals surface area contributed by atoms with Crippen molar-refractivity contribution in [3.63, 3.8) is 0 Å². The number of ether oxygens (including phenoxy) is 2. The van der Waals surface area contributed by atoms with Gasteiger partial charge in [-0.1, -0.05) is 23.7 Å². The molecule has 1 N–H and O–H groups in total. The van der Waals surface area contributed by atoms with Crippen molar-refractivity contribution in [3.8, 4) is 0 Å². The van der Waals surface area contributed by atoms with Crippen molar-refractivity contribution in [2.75, 3.05) is 19.8 Å². The van der Waals surface area contributed by atoms with Crippen LogP contribution in [0.2, 0.25) is 5.02 Å². The molecule has 0 saturated carbocycles. The second-order valence-corrected chi connectivity index (χ2v) is 5.45. The Bertz CT molecular complexity index is 441. The van der Waals surface area contributed by atoms with Crippen LogP contribution >= 0.6 is 11.6 Å². The molecular weight excluding hydrogens is 283 g/mol. The topological polar surface area (TPSA) is 38.7 Å². The van der Waals surface area contributed by atoms with Gasteiger partial charge in [0.15, 0.2) is 0 Å². The van der Waals surface area contributed by atoms with Crippen molar-refractivity contribution in [3.05, 3.63) is 34.6 Å². The van der Waals surface area contributed by atoms with Gasteiger partial charge in [0, 0.05) is 39.1 Å². The van der Waals surface area contributed by atoms with Crippen molar-refractivity contribution < 1.29 is 19.0 Å². The molecule has 1 aliphatic heterocycles. The van der Waals surface area contributed by atoms with Gasteiger partial charge >= 0.3 is 0 Å². The standard InChI is InChI=1S/C15H20ClFO3/c1-2-20-15(6-8-19-9-7-15)13(18)10-11-4-3-5-12(16)14(11)17/h3-5,13,18H,2,6-10H2,1H3. The van der Waals surface area contributed by atoms with Crippen LogP contribution in [0.4, 0.5) is 4.39 Å².